The fourth-order valence-corrected chi connectivity index (χ4v) is 2.83. The molecule has 0 bridgehead atoms. The van der Waals surface area contributed by atoms with Gasteiger partial charge in [-0.25, -0.2) is 9.97 Å². The Morgan fingerprint density at radius 1 is 0.741 bits per heavy atom. The maximum absolute atomic E-state index is 12.3. The lowest BCUT2D eigenvalue weighted by atomic mass is 10.1. The third-order valence-corrected chi connectivity index (χ3v) is 4.19. The quantitative estimate of drug-likeness (QED) is 0.532. The zero-order chi connectivity index (χ0) is 18.5. The van der Waals surface area contributed by atoms with E-state index < -0.39 is 0 Å². The van der Waals surface area contributed by atoms with Crippen molar-refractivity contribution < 1.29 is 4.79 Å². The van der Waals surface area contributed by atoms with Crippen molar-refractivity contribution in [2.24, 2.45) is 0 Å². The lowest BCUT2D eigenvalue weighted by Crippen LogP contribution is -2.30. The van der Waals surface area contributed by atoms with Crippen LogP contribution in [-0.2, 0) is 6.42 Å². The molecule has 5 heteroatoms. The van der Waals surface area contributed by atoms with Crippen LogP contribution in [0.5, 0.6) is 0 Å². The van der Waals surface area contributed by atoms with E-state index >= 15 is 0 Å². The first-order valence-corrected chi connectivity index (χ1v) is 8.70. The lowest BCUT2D eigenvalue weighted by molar-refractivity contribution is 0.0962. The summed E-state index contributed by atoms with van der Waals surface area (Å²) in [5.41, 5.74) is 9.73. The second-order valence-corrected chi connectivity index (χ2v) is 6.12. The van der Waals surface area contributed by atoms with E-state index in [9.17, 15) is 4.79 Å². The zero-order valence-corrected chi connectivity index (χ0v) is 14.6. The molecule has 0 fully saturated rings. The molecule has 0 atom stereocenters. The maximum Gasteiger partial charge on any atom is 0.269 e. The van der Waals surface area contributed by atoms with E-state index in [0.29, 0.717) is 17.8 Å². The van der Waals surface area contributed by atoms with Crippen LogP contribution in [0.1, 0.15) is 21.6 Å². The third-order valence-electron chi connectivity index (χ3n) is 4.19. The topological polar surface area (TPSA) is 66.9 Å². The molecule has 1 aromatic heterocycles. The Balaban J connectivity index is 1.63. The minimum atomic E-state index is -0.226. The van der Waals surface area contributed by atoms with Crippen molar-refractivity contribution in [1.29, 1.82) is 0 Å². The van der Waals surface area contributed by atoms with Gasteiger partial charge in [-0.15, -0.1) is 0 Å². The van der Waals surface area contributed by atoms with Crippen LogP contribution in [0.3, 0.4) is 0 Å². The molecular weight excluding hydrogens is 336 g/mol. The number of rotatable bonds is 5. The fraction of sp³-hybridized carbons (Fsp3) is 0.0455. The van der Waals surface area contributed by atoms with Crippen molar-refractivity contribution in [1.82, 2.24) is 15.4 Å². The molecule has 0 spiro atoms. The summed E-state index contributed by atoms with van der Waals surface area (Å²) < 4.78 is 0. The zero-order valence-electron chi connectivity index (χ0n) is 14.6. The predicted octanol–water partition coefficient (Wildman–Crippen LogP) is 3.98. The SMILES string of the molecule is O=C(NNc1nc2ccccc2nc1Cc1ccccc1)c1ccccc1. The first kappa shape index (κ1) is 16.7. The number of carbonyl (C=O) groups is 1. The predicted molar refractivity (Wildman–Crippen MR) is 106 cm³/mol. The average Bonchev–Trinajstić information content (AvgIpc) is 2.73. The fourth-order valence-electron chi connectivity index (χ4n) is 2.83. The van der Waals surface area contributed by atoms with Crippen LogP contribution in [0.2, 0.25) is 0 Å². The molecule has 0 saturated carbocycles. The molecule has 0 unspecified atom stereocenters. The Bertz CT molecular complexity index is 1070. The van der Waals surface area contributed by atoms with Gasteiger partial charge >= 0.3 is 0 Å². The summed E-state index contributed by atoms with van der Waals surface area (Å²) in [5.74, 6) is 0.318. The molecule has 2 N–H and O–H groups in total. The van der Waals surface area contributed by atoms with Gasteiger partial charge in [-0.3, -0.25) is 15.6 Å². The molecule has 0 saturated heterocycles. The van der Waals surface area contributed by atoms with E-state index in [-0.39, 0.29) is 5.91 Å². The number of hydrogen-bond donors (Lipinski definition) is 2. The van der Waals surface area contributed by atoms with Gasteiger partial charge in [0.15, 0.2) is 5.82 Å². The van der Waals surface area contributed by atoms with E-state index in [0.717, 1.165) is 22.3 Å². The molecule has 1 heterocycles. The van der Waals surface area contributed by atoms with Crippen LogP contribution in [0.15, 0.2) is 84.9 Å². The van der Waals surface area contributed by atoms with Gasteiger partial charge in [0, 0.05) is 12.0 Å². The number of para-hydroxylation sites is 2. The van der Waals surface area contributed by atoms with E-state index in [1.165, 1.54) is 0 Å². The Morgan fingerprint density at radius 2 is 1.33 bits per heavy atom. The van der Waals surface area contributed by atoms with Gasteiger partial charge in [0.2, 0.25) is 0 Å². The molecule has 0 radical (unpaired) electrons. The number of amides is 1. The number of hydrogen-bond acceptors (Lipinski definition) is 4. The number of anilines is 1. The van der Waals surface area contributed by atoms with Crippen LogP contribution in [0.25, 0.3) is 11.0 Å². The highest BCUT2D eigenvalue weighted by atomic mass is 16.2. The molecule has 0 aliphatic heterocycles. The number of fused-ring (bicyclic) bond motifs is 1. The standard InChI is InChI=1S/C22H18N4O/c27-22(17-11-5-2-6-12-17)26-25-21-20(15-16-9-3-1-4-10-16)23-18-13-7-8-14-19(18)24-21/h1-14H,15H2,(H,24,25)(H,26,27). The molecule has 4 aromatic rings. The molecule has 1 amide bonds. The summed E-state index contributed by atoms with van der Waals surface area (Å²) in [6.07, 6.45) is 0.613. The van der Waals surface area contributed by atoms with Crippen molar-refractivity contribution in [2.45, 2.75) is 6.42 Å². The van der Waals surface area contributed by atoms with E-state index in [1.54, 1.807) is 12.1 Å². The monoisotopic (exact) mass is 354 g/mol. The number of hydrazine groups is 1. The first-order valence-electron chi connectivity index (χ1n) is 8.70. The first-order chi connectivity index (χ1) is 13.3. The van der Waals surface area contributed by atoms with Gasteiger partial charge in [0.25, 0.3) is 5.91 Å². The molecule has 132 valence electrons. The second-order valence-electron chi connectivity index (χ2n) is 6.12. The summed E-state index contributed by atoms with van der Waals surface area (Å²) in [4.78, 5) is 21.7. The van der Waals surface area contributed by atoms with Gasteiger partial charge in [-0.05, 0) is 29.8 Å². The normalized spacial score (nSPS) is 10.5. The van der Waals surface area contributed by atoms with Crippen LogP contribution in [0.4, 0.5) is 5.82 Å². The molecule has 3 aromatic carbocycles. The largest absolute Gasteiger partial charge is 0.280 e. The number of carbonyl (C=O) groups excluding carboxylic acids is 1. The highest BCUT2D eigenvalue weighted by Gasteiger charge is 2.11. The van der Waals surface area contributed by atoms with E-state index in [4.69, 9.17) is 4.98 Å². The summed E-state index contributed by atoms with van der Waals surface area (Å²) in [7, 11) is 0. The van der Waals surface area contributed by atoms with Gasteiger partial charge in [0.05, 0.1) is 16.7 Å². The average molecular weight is 354 g/mol. The number of benzene rings is 3. The number of nitrogens with zero attached hydrogens (tertiary/aromatic N) is 2. The third kappa shape index (κ3) is 3.93. The van der Waals surface area contributed by atoms with Crippen molar-refractivity contribution in [3.63, 3.8) is 0 Å². The maximum atomic E-state index is 12.3. The van der Waals surface area contributed by atoms with Crippen LogP contribution in [-0.4, -0.2) is 15.9 Å². The van der Waals surface area contributed by atoms with Crippen LogP contribution >= 0.6 is 0 Å². The van der Waals surface area contributed by atoms with Crippen molar-refractivity contribution >= 4 is 22.8 Å². The smallest absolute Gasteiger partial charge is 0.269 e. The van der Waals surface area contributed by atoms with E-state index in [1.807, 2.05) is 72.8 Å². The Morgan fingerprint density at radius 3 is 2.04 bits per heavy atom. The molecule has 0 aliphatic rings. The molecule has 4 rings (SSSR count). The van der Waals surface area contributed by atoms with Gasteiger partial charge in [-0.1, -0.05) is 60.7 Å². The summed E-state index contributed by atoms with van der Waals surface area (Å²) in [6, 6.07) is 26.8. The van der Waals surface area contributed by atoms with E-state index in [2.05, 4.69) is 15.8 Å². The van der Waals surface area contributed by atoms with Crippen molar-refractivity contribution in [2.75, 3.05) is 5.43 Å². The van der Waals surface area contributed by atoms with Crippen molar-refractivity contribution in [3.05, 3.63) is 102 Å². The molecule has 5 nitrogen and oxygen atoms in total. The highest BCUT2D eigenvalue weighted by Crippen LogP contribution is 2.19. The Kier molecular flexibility index (Phi) is 4.74. The Labute approximate surface area is 157 Å². The van der Waals surface area contributed by atoms with Crippen LogP contribution < -0.4 is 10.9 Å². The van der Waals surface area contributed by atoms with Gasteiger partial charge in [-0.2, -0.15) is 0 Å². The summed E-state index contributed by atoms with van der Waals surface area (Å²) >= 11 is 0. The number of nitrogens with one attached hydrogen (secondary N) is 2. The summed E-state index contributed by atoms with van der Waals surface area (Å²) in [6.45, 7) is 0. The minimum absolute atomic E-state index is 0.226. The van der Waals surface area contributed by atoms with Gasteiger partial charge in [0.1, 0.15) is 0 Å². The Hall–Kier alpha value is -3.73. The van der Waals surface area contributed by atoms with Gasteiger partial charge < -0.3 is 0 Å². The second kappa shape index (κ2) is 7.66. The molecular formula is C22H18N4O. The molecule has 27 heavy (non-hydrogen) atoms. The lowest BCUT2D eigenvalue weighted by Gasteiger charge is -2.13. The van der Waals surface area contributed by atoms with Crippen LogP contribution in [0, 0.1) is 0 Å². The highest BCUT2D eigenvalue weighted by molar-refractivity contribution is 5.94. The minimum Gasteiger partial charge on any atom is -0.280 e. The summed E-state index contributed by atoms with van der Waals surface area (Å²) in [5, 5.41) is 0. The molecule has 0 aliphatic carbocycles. The van der Waals surface area contributed by atoms with Crippen molar-refractivity contribution in [3.8, 4) is 0 Å². The number of aromatic nitrogens is 2.